The maximum Gasteiger partial charge on any atom is 0.230 e. The second-order valence-electron chi connectivity index (χ2n) is 5.68. The molecule has 0 radical (unpaired) electrons. The van der Waals surface area contributed by atoms with Crippen molar-refractivity contribution in [3.63, 3.8) is 0 Å². The molecule has 0 aliphatic rings. The van der Waals surface area contributed by atoms with Crippen molar-refractivity contribution in [1.29, 1.82) is 0 Å². The molecule has 6 heteroatoms. The molecule has 0 saturated heterocycles. The number of thioether (sulfide) groups is 1. The van der Waals surface area contributed by atoms with Gasteiger partial charge in [-0.15, -0.1) is 11.8 Å². The number of aromatic nitrogens is 1. The summed E-state index contributed by atoms with van der Waals surface area (Å²) in [5.74, 6) is 2.32. The summed E-state index contributed by atoms with van der Waals surface area (Å²) in [5.41, 5.74) is 1.71. The van der Waals surface area contributed by atoms with Crippen molar-refractivity contribution >= 4 is 29.3 Å². The summed E-state index contributed by atoms with van der Waals surface area (Å²) in [6.07, 6.45) is 2.64. The molecule has 1 aromatic heterocycles. The van der Waals surface area contributed by atoms with Gasteiger partial charge in [0, 0.05) is 22.9 Å². The van der Waals surface area contributed by atoms with Crippen molar-refractivity contribution in [3.05, 3.63) is 41.2 Å². The van der Waals surface area contributed by atoms with Gasteiger partial charge >= 0.3 is 0 Å². The first-order valence-electron chi connectivity index (χ1n) is 7.59. The Bertz CT molecular complexity index is 626. The largest absolute Gasteiger partial charge is 0.444 e. The molecule has 0 aliphatic heterocycles. The number of hydrogen-bond acceptors (Lipinski definition) is 4. The molecule has 0 unspecified atom stereocenters. The van der Waals surface area contributed by atoms with Crippen LogP contribution < -0.4 is 5.32 Å². The highest BCUT2D eigenvalue weighted by Gasteiger charge is 2.08. The normalized spacial score (nSPS) is 11.0. The SMILES string of the molecule is CC(C)CCNC(=O)CSCc1coc(-c2ccc(Cl)cc2)n1. The molecule has 4 nitrogen and oxygen atoms in total. The van der Waals surface area contributed by atoms with Crippen molar-refractivity contribution in [1.82, 2.24) is 10.3 Å². The van der Waals surface area contributed by atoms with Gasteiger partial charge in [-0.2, -0.15) is 0 Å². The van der Waals surface area contributed by atoms with Crippen LogP contribution in [0.3, 0.4) is 0 Å². The minimum Gasteiger partial charge on any atom is -0.444 e. The van der Waals surface area contributed by atoms with E-state index in [9.17, 15) is 4.79 Å². The third-order valence-corrected chi connectivity index (χ3v) is 4.39. The fourth-order valence-corrected chi connectivity index (χ4v) is 2.76. The molecule has 1 heterocycles. The van der Waals surface area contributed by atoms with Crippen LogP contribution in [0.4, 0.5) is 0 Å². The number of carbonyl (C=O) groups excluding carboxylic acids is 1. The summed E-state index contributed by atoms with van der Waals surface area (Å²) >= 11 is 7.39. The molecule has 23 heavy (non-hydrogen) atoms. The third kappa shape index (κ3) is 6.28. The molecule has 0 aliphatic carbocycles. The van der Waals surface area contributed by atoms with Crippen LogP contribution in [0.2, 0.25) is 5.02 Å². The highest BCUT2D eigenvalue weighted by Crippen LogP contribution is 2.22. The molecule has 0 bridgehead atoms. The van der Waals surface area contributed by atoms with E-state index < -0.39 is 0 Å². The van der Waals surface area contributed by atoms with Gasteiger partial charge < -0.3 is 9.73 Å². The van der Waals surface area contributed by atoms with Crippen LogP contribution in [0, 0.1) is 5.92 Å². The molecule has 2 rings (SSSR count). The summed E-state index contributed by atoms with van der Waals surface area (Å²) < 4.78 is 5.47. The lowest BCUT2D eigenvalue weighted by molar-refractivity contribution is -0.118. The van der Waals surface area contributed by atoms with Gasteiger partial charge in [-0.1, -0.05) is 25.4 Å². The fraction of sp³-hybridized carbons (Fsp3) is 0.412. The quantitative estimate of drug-likeness (QED) is 0.765. The van der Waals surface area contributed by atoms with Crippen LogP contribution in [-0.4, -0.2) is 23.2 Å². The Morgan fingerprint density at radius 2 is 2.09 bits per heavy atom. The zero-order valence-corrected chi connectivity index (χ0v) is 14.9. The number of benzene rings is 1. The first kappa shape index (κ1) is 17.9. The molecule has 2 aromatic rings. The molecule has 0 spiro atoms. The van der Waals surface area contributed by atoms with Crippen LogP contribution >= 0.6 is 23.4 Å². The summed E-state index contributed by atoms with van der Waals surface area (Å²) in [5, 5.41) is 3.60. The average molecular weight is 353 g/mol. The minimum absolute atomic E-state index is 0.0667. The fourth-order valence-electron chi connectivity index (χ4n) is 1.90. The molecule has 0 saturated carbocycles. The summed E-state index contributed by atoms with van der Waals surface area (Å²) in [6.45, 7) is 5.02. The molecule has 1 amide bonds. The molecular weight excluding hydrogens is 332 g/mol. The average Bonchev–Trinajstić information content (AvgIpc) is 2.96. The zero-order chi connectivity index (χ0) is 16.7. The lowest BCUT2D eigenvalue weighted by Crippen LogP contribution is -2.26. The molecular formula is C17H21ClN2O2S. The Hall–Kier alpha value is -1.46. The number of hydrogen-bond donors (Lipinski definition) is 1. The van der Waals surface area contributed by atoms with Gasteiger partial charge in [0.05, 0.1) is 11.4 Å². The van der Waals surface area contributed by atoms with Crippen LogP contribution in [-0.2, 0) is 10.5 Å². The van der Waals surface area contributed by atoms with Gasteiger partial charge in [-0.25, -0.2) is 4.98 Å². The maximum absolute atomic E-state index is 11.7. The Balaban J connectivity index is 1.74. The van der Waals surface area contributed by atoms with E-state index in [1.54, 1.807) is 18.4 Å². The number of nitrogens with zero attached hydrogens (tertiary/aromatic N) is 1. The van der Waals surface area contributed by atoms with E-state index in [-0.39, 0.29) is 5.91 Å². The molecule has 0 atom stereocenters. The van der Waals surface area contributed by atoms with Crippen molar-refractivity contribution < 1.29 is 9.21 Å². The number of carbonyl (C=O) groups is 1. The maximum atomic E-state index is 11.7. The molecule has 124 valence electrons. The highest BCUT2D eigenvalue weighted by atomic mass is 35.5. The Morgan fingerprint density at radius 3 is 2.78 bits per heavy atom. The Morgan fingerprint density at radius 1 is 1.35 bits per heavy atom. The summed E-state index contributed by atoms with van der Waals surface area (Å²) in [4.78, 5) is 16.1. The lowest BCUT2D eigenvalue weighted by Gasteiger charge is -2.06. The Labute approximate surface area is 146 Å². The molecule has 1 aromatic carbocycles. The predicted octanol–water partition coefficient (Wildman–Crippen LogP) is 4.39. The Kier molecular flexibility index (Phi) is 6.99. The second-order valence-corrected chi connectivity index (χ2v) is 7.10. The zero-order valence-electron chi connectivity index (χ0n) is 13.3. The van der Waals surface area contributed by atoms with Crippen molar-refractivity contribution in [2.75, 3.05) is 12.3 Å². The standard InChI is InChI=1S/C17H21ClN2O2S/c1-12(2)7-8-19-16(21)11-23-10-15-9-22-17(20-15)13-3-5-14(18)6-4-13/h3-6,9,12H,7-8,10-11H2,1-2H3,(H,19,21). The van der Waals surface area contributed by atoms with E-state index in [2.05, 4.69) is 24.1 Å². The molecule has 0 fully saturated rings. The third-order valence-electron chi connectivity index (χ3n) is 3.17. The van der Waals surface area contributed by atoms with Crippen molar-refractivity contribution in [2.45, 2.75) is 26.0 Å². The number of amides is 1. The van der Waals surface area contributed by atoms with Gasteiger partial charge in [-0.05, 0) is 36.6 Å². The van der Waals surface area contributed by atoms with Gasteiger partial charge in [0.25, 0.3) is 0 Å². The summed E-state index contributed by atoms with van der Waals surface area (Å²) in [7, 11) is 0. The second kappa shape index (κ2) is 8.99. The van der Waals surface area contributed by atoms with Crippen LogP contribution in [0.15, 0.2) is 34.9 Å². The van der Waals surface area contributed by atoms with E-state index >= 15 is 0 Å². The minimum atomic E-state index is 0.0667. The van der Waals surface area contributed by atoms with Crippen LogP contribution in [0.25, 0.3) is 11.5 Å². The topological polar surface area (TPSA) is 55.1 Å². The lowest BCUT2D eigenvalue weighted by atomic mass is 10.1. The smallest absolute Gasteiger partial charge is 0.230 e. The van der Waals surface area contributed by atoms with Gasteiger partial charge in [0.1, 0.15) is 6.26 Å². The first-order valence-corrected chi connectivity index (χ1v) is 9.12. The highest BCUT2D eigenvalue weighted by molar-refractivity contribution is 7.99. The van der Waals surface area contributed by atoms with Gasteiger partial charge in [0.15, 0.2) is 0 Å². The van der Waals surface area contributed by atoms with Gasteiger partial charge in [-0.3, -0.25) is 4.79 Å². The monoisotopic (exact) mass is 352 g/mol. The van der Waals surface area contributed by atoms with E-state index in [4.69, 9.17) is 16.0 Å². The molecule has 1 N–H and O–H groups in total. The van der Waals surface area contributed by atoms with Crippen LogP contribution in [0.5, 0.6) is 0 Å². The van der Waals surface area contributed by atoms with E-state index in [0.717, 1.165) is 24.2 Å². The summed E-state index contributed by atoms with van der Waals surface area (Å²) in [6, 6.07) is 7.34. The number of oxazole rings is 1. The predicted molar refractivity (Wildman–Crippen MR) is 95.6 cm³/mol. The first-order chi connectivity index (χ1) is 11.0. The number of rotatable bonds is 8. The van der Waals surface area contributed by atoms with Crippen molar-refractivity contribution in [2.24, 2.45) is 5.92 Å². The van der Waals surface area contributed by atoms with Crippen LogP contribution in [0.1, 0.15) is 26.0 Å². The van der Waals surface area contributed by atoms with Gasteiger partial charge in [0.2, 0.25) is 11.8 Å². The van der Waals surface area contributed by atoms with Crippen molar-refractivity contribution in [3.8, 4) is 11.5 Å². The number of halogens is 1. The number of nitrogens with one attached hydrogen (secondary N) is 1. The van der Waals surface area contributed by atoms with E-state index in [0.29, 0.717) is 28.3 Å². The van der Waals surface area contributed by atoms with E-state index in [1.165, 1.54) is 11.8 Å². The van der Waals surface area contributed by atoms with E-state index in [1.807, 2.05) is 12.1 Å².